The van der Waals surface area contributed by atoms with Gasteiger partial charge >= 0.3 is 0 Å². The van der Waals surface area contributed by atoms with E-state index in [1.807, 2.05) is 43.8 Å². The van der Waals surface area contributed by atoms with Crippen molar-refractivity contribution in [3.63, 3.8) is 0 Å². The van der Waals surface area contributed by atoms with E-state index >= 15 is 0 Å². The van der Waals surface area contributed by atoms with Gasteiger partial charge in [0.15, 0.2) is 0 Å². The highest BCUT2D eigenvalue weighted by atomic mass is 35.5. The van der Waals surface area contributed by atoms with E-state index in [4.69, 9.17) is 16.4 Å². The van der Waals surface area contributed by atoms with Gasteiger partial charge < -0.3 is 9.74 Å². The molecule has 0 N–H and O–H groups in total. The van der Waals surface area contributed by atoms with Crippen LogP contribution in [-0.4, -0.2) is 38.9 Å². The number of halogens is 1. The van der Waals surface area contributed by atoms with Gasteiger partial charge in [-0.3, -0.25) is 9.48 Å². The Morgan fingerprint density at radius 3 is 2.69 bits per heavy atom. The highest BCUT2D eigenvalue weighted by Gasteiger charge is 2.44. The Morgan fingerprint density at radius 1 is 1.38 bits per heavy atom. The fourth-order valence-electron chi connectivity index (χ4n) is 3.25. The molecule has 2 aromatic rings. The van der Waals surface area contributed by atoms with Crippen LogP contribution in [0.3, 0.4) is 0 Å². The van der Waals surface area contributed by atoms with E-state index in [-0.39, 0.29) is 5.91 Å². The number of amides is 1. The Labute approximate surface area is 158 Å². The monoisotopic (exact) mass is 374 g/mol. The van der Waals surface area contributed by atoms with Gasteiger partial charge in [0.1, 0.15) is 0 Å². The van der Waals surface area contributed by atoms with Crippen molar-refractivity contribution in [3.8, 4) is 0 Å². The second-order valence-electron chi connectivity index (χ2n) is 6.95. The van der Waals surface area contributed by atoms with E-state index in [9.17, 15) is 4.79 Å². The van der Waals surface area contributed by atoms with Gasteiger partial charge in [-0.05, 0) is 26.8 Å². The number of hydrogen-bond acceptors (Lipinski definition) is 4. The molecular weight excluding hydrogens is 352 g/mol. The number of carbonyl (C=O) groups excluding carboxylic acids is 1. The zero-order valence-electron chi connectivity index (χ0n) is 15.7. The Morgan fingerprint density at radius 2 is 2.08 bits per heavy atom. The first-order valence-corrected chi connectivity index (χ1v) is 8.85. The Hall–Kier alpha value is -2.34. The number of aryl methyl sites for hydroxylation is 2. The van der Waals surface area contributed by atoms with Crippen LogP contribution in [0.2, 0.25) is 5.02 Å². The average Bonchev–Trinajstić information content (AvgIpc) is 3.11. The number of hydrogen-bond donors (Lipinski definition) is 0. The minimum atomic E-state index is -1.03. The third-order valence-corrected chi connectivity index (χ3v) is 5.23. The number of oxime groups is 1. The molecule has 26 heavy (non-hydrogen) atoms. The number of aromatic nitrogens is 2. The molecule has 1 amide bonds. The smallest absolute Gasteiger partial charge is 0.269 e. The molecule has 6 nitrogen and oxygen atoms in total. The maximum atomic E-state index is 13.0. The molecule has 0 radical (unpaired) electrons. The molecule has 1 aliphatic rings. The summed E-state index contributed by atoms with van der Waals surface area (Å²) >= 11 is 6.24. The van der Waals surface area contributed by atoms with Crippen LogP contribution in [0, 0.1) is 13.8 Å². The molecule has 0 saturated heterocycles. The van der Waals surface area contributed by atoms with Crippen molar-refractivity contribution in [1.29, 1.82) is 0 Å². The molecule has 7 heteroatoms. The van der Waals surface area contributed by atoms with Crippen LogP contribution in [-0.2, 0) is 23.2 Å². The van der Waals surface area contributed by atoms with Crippen molar-refractivity contribution in [2.45, 2.75) is 39.3 Å². The van der Waals surface area contributed by atoms with Crippen LogP contribution in [0.4, 0.5) is 0 Å². The topological polar surface area (TPSA) is 59.7 Å². The highest BCUT2D eigenvalue weighted by Crippen LogP contribution is 2.31. The van der Waals surface area contributed by atoms with Gasteiger partial charge in [-0.25, -0.2) is 0 Å². The van der Waals surface area contributed by atoms with E-state index in [0.29, 0.717) is 23.7 Å². The van der Waals surface area contributed by atoms with Crippen molar-refractivity contribution in [3.05, 3.63) is 51.8 Å². The summed E-state index contributed by atoms with van der Waals surface area (Å²) in [7, 11) is 3.68. The molecule has 3 rings (SSSR count). The molecule has 0 fully saturated rings. The second-order valence-corrected chi connectivity index (χ2v) is 7.36. The second kappa shape index (κ2) is 6.76. The van der Waals surface area contributed by atoms with Crippen molar-refractivity contribution in [2.24, 2.45) is 12.2 Å². The Kier molecular flexibility index (Phi) is 4.80. The largest absolute Gasteiger partial charge is 0.379 e. The van der Waals surface area contributed by atoms with Gasteiger partial charge in [-0.2, -0.15) is 5.10 Å². The molecule has 1 aromatic heterocycles. The van der Waals surface area contributed by atoms with E-state index in [2.05, 4.69) is 10.3 Å². The van der Waals surface area contributed by atoms with E-state index < -0.39 is 5.60 Å². The lowest BCUT2D eigenvalue weighted by Crippen LogP contribution is -2.45. The molecule has 1 aliphatic heterocycles. The van der Waals surface area contributed by atoms with Crippen molar-refractivity contribution in [1.82, 2.24) is 14.7 Å². The van der Waals surface area contributed by atoms with Crippen LogP contribution < -0.4 is 0 Å². The summed E-state index contributed by atoms with van der Waals surface area (Å²) in [6.45, 7) is 6.19. The molecule has 0 bridgehead atoms. The van der Waals surface area contributed by atoms with Gasteiger partial charge in [0.25, 0.3) is 5.91 Å². The number of likely N-dealkylation sites (N-methyl/N-ethyl adjacent to an activating group) is 1. The molecule has 1 atom stereocenters. The lowest BCUT2D eigenvalue weighted by atomic mass is 9.94. The summed E-state index contributed by atoms with van der Waals surface area (Å²) in [4.78, 5) is 20.3. The van der Waals surface area contributed by atoms with Crippen LogP contribution in [0.15, 0.2) is 29.4 Å². The van der Waals surface area contributed by atoms with Gasteiger partial charge in [0.05, 0.1) is 11.4 Å². The Bertz CT molecular complexity index is 890. The third kappa shape index (κ3) is 3.21. The predicted molar refractivity (Wildman–Crippen MR) is 101 cm³/mol. The molecule has 138 valence electrons. The first-order valence-electron chi connectivity index (χ1n) is 8.47. The Balaban J connectivity index is 1.75. The van der Waals surface area contributed by atoms with Crippen LogP contribution in [0.1, 0.15) is 35.9 Å². The molecular formula is C19H23ClN4O2. The maximum absolute atomic E-state index is 13.0. The molecule has 0 saturated carbocycles. The molecule has 2 heterocycles. The average molecular weight is 375 g/mol. The summed E-state index contributed by atoms with van der Waals surface area (Å²) in [6, 6.07) is 7.43. The third-order valence-electron chi connectivity index (χ3n) is 4.90. The number of benzene rings is 1. The van der Waals surface area contributed by atoms with Crippen molar-refractivity contribution < 1.29 is 9.63 Å². The molecule has 0 unspecified atom stereocenters. The summed E-state index contributed by atoms with van der Waals surface area (Å²) in [6.07, 6.45) is 0.380. The highest BCUT2D eigenvalue weighted by molar-refractivity contribution is 6.34. The standard InChI is InChI=1S/C19H23ClN4O2/c1-12-15(13(2)24(5)21-12)11-23(4)18(25)19(3)10-17(22-26-19)14-8-6-7-9-16(14)20/h6-9H,10-11H2,1-5H3/t19-/m0/s1. The van der Waals surface area contributed by atoms with Crippen LogP contribution in [0.5, 0.6) is 0 Å². The SMILES string of the molecule is Cc1nn(C)c(C)c1CN(C)C(=O)[C@]1(C)CC(c2ccccc2Cl)=NO1. The first kappa shape index (κ1) is 18.5. The van der Waals surface area contributed by atoms with Crippen LogP contribution in [0.25, 0.3) is 0 Å². The lowest BCUT2D eigenvalue weighted by Gasteiger charge is -2.27. The van der Waals surface area contributed by atoms with E-state index in [1.165, 1.54) is 0 Å². The maximum Gasteiger partial charge on any atom is 0.269 e. The minimum Gasteiger partial charge on any atom is -0.379 e. The fraction of sp³-hybridized carbons (Fsp3) is 0.421. The normalized spacial score (nSPS) is 19.2. The summed E-state index contributed by atoms with van der Waals surface area (Å²) in [5, 5.41) is 9.15. The van der Waals surface area contributed by atoms with Gasteiger partial charge in [0, 0.05) is 48.9 Å². The summed E-state index contributed by atoms with van der Waals surface area (Å²) < 4.78 is 1.83. The zero-order chi connectivity index (χ0) is 19.1. The van der Waals surface area contributed by atoms with Gasteiger partial charge in [0.2, 0.25) is 5.60 Å². The summed E-state index contributed by atoms with van der Waals surface area (Å²) in [5.41, 5.74) is 3.48. The molecule has 1 aromatic carbocycles. The summed E-state index contributed by atoms with van der Waals surface area (Å²) in [5.74, 6) is -0.119. The zero-order valence-corrected chi connectivity index (χ0v) is 16.5. The van der Waals surface area contributed by atoms with Gasteiger partial charge in [-0.1, -0.05) is 35.0 Å². The predicted octanol–water partition coefficient (Wildman–Crippen LogP) is 3.23. The number of carbonyl (C=O) groups is 1. The van der Waals surface area contributed by atoms with E-state index in [0.717, 1.165) is 22.5 Å². The molecule has 0 aliphatic carbocycles. The van der Waals surface area contributed by atoms with Crippen LogP contribution >= 0.6 is 11.6 Å². The van der Waals surface area contributed by atoms with Crippen molar-refractivity contribution >= 4 is 23.2 Å². The quantitative estimate of drug-likeness (QED) is 0.825. The molecule has 0 spiro atoms. The van der Waals surface area contributed by atoms with Gasteiger partial charge in [-0.15, -0.1) is 0 Å². The number of rotatable bonds is 4. The van der Waals surface area contributed by atoms with Crippen molar-refractivity contribution in [2.75, 3.05) is 7.05 Å². The first-order chi connectivity index (χ1) is 12.2. The minimum absolute atomic E-state index is 0.119. The lowest BCUT2D eigenvalue weighted by molar-refractivity contribution is -0.152. The van der Waals surface area contributed by atoms with E-state index in [1.54, 1.807) is 24.9 Å². The number of nitrogens with zero attached hydrogens (tertiary/aromatic N) is 4. The fourth-order valence-corrected chi connectivity index (χ4v) is 3.50.